The number of pyridine rings is 1. The van der Waals surface area contributed by atoms with E-state index in [-0.39, 0.29) is 5.91 Å². The van der Waals surface area contributed by atoms with Crippen molar-refractivity contribution in [3.63, 3.8) is 0 Å². The Hall–Kier alpha value is -1.17. The number of aromatic nitrogens is 1. The molecule has 2 aromatic heterocycles. The summed E-state index contributed by atoms with van der Waals surface area (Å²) < 4.78 is 0.835. The van der Waals surface area contributed by atoms with E-state index in [9.17, 15) is 9.90 Å². The molecule has 0 aromatic carbocycles. The summed E-state index contributed by atoms with van der Waals surface area (Å²) >= 11 is 7.35. The molecular weight excluding hydrogens is 272 g/mol. The van der Waals surface area contributed by atoms with Gasteiger partial charge < -0.3 is 10.0 Å². The van der Waals surface area contributed by atoms with Crippen LogP contribution in [-0.2, 0) is 0 Å². The van der Waals surface area contributed by atoms with Gasteiger partial charge in [-0.1, -0.05) is 11.6 Å². The minimum Gasteiger partial charge on any atom is -0.391 e. The molecule has 1 unspecified atom stereocenters. The number of aliphatic hydroxyl groups excluding tert-OH is 1. The number of likely N-dealkylation sites (tertiary alicyclic amines) is 1. The molecule has 18 heavy (non-hydrogen) atoms. The number of hydrogen-bond acceptors (Lipinski definition) is 4. The van der Waals surface area contributed by atoms with Crippen LogP contribution in [0, 0.1) is 0 Å². The lowest BCUT2D eigenvalue weighted by atomic mass is 10.3. The van der Waals surface area contributed by atoms with Crippen LogP contribution in [0.3, 0.4) is 0 Å². The molecule has 6 heteroatoms. The second kappa shape index (κ2) is 4.50. The number of amides is 1. The van der Waals surface area contributed by atoms with Crippen molar-refractivity contribution >= 4 is 38.9 Å². The van der Waals surface area contributed by atoms with E-state index in [1.165, 1.54) is 11.3 Å². The Morgan fingerprint density at radius 1 is 1.61 bits per heavy atom. The maximum absolute atomic E-state index is 12.2. The number of fused-ring (bicyclic) bond motifs is 1. The third kappa shape index (κ3) is 1.98. The molecule has 0 bridgehead atoms. The molecule has 94 valence electrons. The van der Waals surface area contributed by atoms with E-state index in [1.807, 2.05) is 12.1 Å². The van der Waals surface area contributed by atoms with Crippen LogP contribution in [0.1, 0.15) is 16.1 Å². The predicted molar refractivity (Wildman–Crippen MR) is 71.2 cm³/mol. The summed E-state index contributed by atoms with van der Waals surface area (Å²) in [5.41, 5.74) is 0. The van der Waals surface area contributed by atoms with Gasteiger partial charge in [0.1, 0.15) is 5.15 Å². The first-order valence-corrected chi connectivity index (χ1v) is 6.86. The van der Waals surface area contributed by atoms with Crippen molar-refractivity contribution < 1.29 is 9.90 Å². The van der Waals surface area contributed by atoms with Gasteiger partial charge in [-0.05, 0) is 23.9 Å². The highest BCUT2D eigenvalue weighted by molar-refractivity contribution is 7.21. The summed E-state index contributed by atoms with van der Waals surface area (Å²) in [5.74, 6) is -0.0381. The third-order valence-electron chi connectivity index (χ3n) is 3.05. The van der Waals surface area contributed by atoms with Crippen molar-refractivity contribution in [1.82, 2.24) is 9.88 Å². The molecular formula is C12H11ClN2O2S. The molecule has 4 nitrogen and oxygen atoms in total. The van der Waals surface area contributed by atoms with Crippen LogP contribution < -0.4 is 0 Å². The molecule has 1 atom stereocenters. The number of rotatable bonds is 1. The molecule has 1 fully saturated rings. The third-order valence-corrected chi connectivity index (χ3v) is 4.60. The van der Waals surface area contributed by atoms with E-state index in [4.69, 9.17) is 11.6 Å². The Morgan fingerprint density at radius 2 is 2.44 bits per heavy atom. The number of carbonyl (C=O) groups is 1. The largest absolute Gasteiger partial charge is 0.391 e. The standard InChI is InChI=1S/C12H11ClN2O2S/c13-11-10-7(1-3-14-11)5-9(18-10)12(17)15-4-2-8(16)6-15/h1,3,5,8,16H,2,4,6H2. The fourth-order valence-corrected chi connectivity index (χ4v) is 3.40. The van der Waals surface area contributed by atoms with E-state index < -0.39 is 6.10 Å². The van der Waals surface area contributed by atoms with Crippen LogP contribution in [0.4, 0.5) is 0 Å². The van der Waals surface area contributed by atoms with Gasteiger partial charge in [0.2, 0.25) is 0 Å². The lowest BCUT2D eigenvalue weighted by Gasteiger charge is -2.13. The first-order valence-electron chi connectivity index (χ1n) is 5.66. The molecule has 0 saturated carbocycles. The van der Waals surface area contributed by atoms with Crippen molar-refractivity contribution in [1.29, 1.82) is 0 Å². The average Bonchev–Trinajstić information content (AvgIpc) is 2.95. The van der Waals surface area contributed by atoms with E-state index in [0.717, 1.165) is 10.1 Å². The van der Waals surface area contributed by atoms with Gasteiger partial charge in [-0.15, -0.1) is 11.3 Å². The summed E-state index contributed by atoms with van der Waals surface area (Å²) in [6, 6.07) is 3.67. The van der Waals surface area contributed by atoms with E-state index in [0.29, 0.717) is 29.5 Å². The molecule has 1 aliphatic heterocycles. The second-order valence-corrected chi connectivity index (χ2v) is 5.73. The molecule has 1 amide bonds. The molecule has 3 heterocycles. The van der Waals surface area contributed by atoms with Gasteiger partial charge in [0, 0.05) is 19.3 Å². The molecule has 0 aliphatic carbocycles. The van der Waals surface area contributed by atoms with Crippen LogP contribution in [0.15, 0.2) is 18.3 Å². The Labute approximate surface area is 113 Å². The van der Waals surface area contributed by atoms with Gasteiger partial charge in [0.05, 0.1) is 15.7 Å². The van der Waals surface area contributed by atoms with Gasteiger partial charge in [0.15, 0.2) is 0 Å². The zero-order valence-electron chi connectivity index (χ0n) is 9.47. The minimum atomic E-state index is -0.395. The number of halogens is 1. The van der Waals surface area contributed by atoms with E-state index in [1.54, 1.807) is 11.1 Å². The molecule has 2 aromatic rings. The Morgan fingerprint density at radius 3 is 3.11 bits per heavy atom. The predicted octanol–water partition coefficient (Wildman–Crippen LogP) is 2.16. The van der Waals surface area contributed by atoms with Crippen molar-refractivity contribution in [2.24, 2.45) is 0 Å². The van der Waals surface area contributed by atoms with Crippen LogP contribution in [-0.4, -0.2) is 40.1 Å². The van der Waals surface area contributed by atoms with Gasteiger partial charge in [-0.25, -0.2) is 4.98 Å². The maximum atomic E-state index is 12.2. The molecule has 1 saturated heterocycles. The van der Waals surface area contributed by atoms with Crippen LogP contribution in [0.25, 0.3) is 10.1 Å². The molecule has 1 aliphatic rings. The van der Waals surface area contributed by atoms with Crippen molar-refractivity contribution in [3.8, 4) is 0 Å². The summed E-state index contributed by atoms with van der Waals surface area (Å²) in [6.45, 7) is 1.03. The monoisotopic (exact) mass is 282 g/mol. The zero-order chi connectivity index (χ0) is 12.7. The Bertz CT molecular complexity index is 613. The van der Waals surface area contributed by atoms with Crippen molar-refractivity contribution in [2.45, 2.75) is 12.5 Å². The van der Waals surface area contributed by atoms with Crippen LogP contribution in [0.5, 0.6) is 0 Å². The second-order valence-electron chi connectivity index (χ2n) is 4.32. The highest BCUT2D eigenvalue weighted by atomic mass is 35.5. The van der Waals surface area contributed by atoms with Crippen molar-refractivity contribution in [2.75, 3.05) is 13.1 Å². The number of nitrogens with zero attached hydrogens (tertiary/aromatic N) is 2. The fourth-order valence-electron chi connectivity index (χ4n) is 2.12. The minimum absolute atomic E-state index is 0.0381. The molecule has 0 radical (unpaired) electrons. The molecule has 1 N–H and O–H groups in total. The van der Waals surface area contributed by atoms with Gasteiger partial charge in [-0.2, -0.15) is 0 Å². The molecule has 3 rings (SSSR count). The lowest BCUT2D eigenvalue weighted by molar-refractivity contribution is 0.0770. The quantitative estimate of drug-likeness (QED) is 0.816. The number of thiophene rings is 1. The number of carbonyl (C=O) groups excluding carboxylic acids is 1. The number of aliphatic hydroxyl groups is 1. The maximum Gasteiger partial charge on any atom is 0.264 e. The summed E-state index contributed by atoms with van der Waals surface area (Å²) in [7, 11) is 0. The highest BCUT2D eigenvalue weighted by Crippen LogP contribution is 2.31. The summed E-state index contributed by atoms with van der Waals surface area (Å²) in [6.07, 6.45) is 1.89. The SMILES string of the molecule is O=C(c1cc2ccnc(Cl)c2s1)N1CCC(O)C1. The van der Waals surface area contributed by atoms with Crippen LogP contribution >= 0.6 is 22.9 Å². The average molecular weight is 283 g/mol. The van der Waals surface area contributed by atoms with Gasteiger partial charge >= 0.3 is 0 Å². The lowest BCUT2D eigenvalue weighted by Crippen LogP contribution is -2.28. The van der Waals surface area contributed by atoms with E-state index >= 15 is 0 Å². The van der Waals surface area contributed by atoms with Gasteiger partial charge in [0.25, 0.3) is 5.91 Å². The van der Waals surface area contributed by atoms with Crippen LogP contribution in [0.2, 0.25) is 5.15 Å². The van der Waals surface area contributed by atoms with Crippen molar-refractivity contribution in [3.05, 3.63) is 28.4 Å². The Kier molecular flexibility index (Phi) is 2.97. The first kappa shape index (κ1) is 11.9. The van der Waals surface area contributed by atoms with E-state index in [2.05, 4.69) is 4.98 Å². The smallest absolute Gasteiger partial charge is 0.264 e. The Balaban J connectivity index is 1.95. The summed E-state index contributed by atoms with van der Waals surface area (Å²) in [4.78, 5) is 18.6. The zero-order valence-corrected chi connectivity index (χ0v) is 11.0. The number of β-amino-alcohol motifs (C(OH)–C–C–N with tert-alkyl or cyclic N) is 1. The first-order chi connectivity index (χ1) is 8.65. The molecule has 0 spiro atoms. The highest BCUT2D eigenvalue weighted by Gasteiger charge is 2.26. The number of hydrogen-bond donors (Lipinski definition) is 1. The van der Waals surface area contributed by atoms with Gasteiger partial charge in [-0.3, -0.25) is 4.79 Å². The normalized spacial score (nSPS) is 19.7. The fraction of sp³-hybridized carbons (Fsp3) is 0.333. The topological polar surface area (TPSA) is 53.4 Å². The summed E-state index contributed by atoms with van der Waals surface area (Å²) in [5, 5.41) is 10.8.